The van der Waals surface area contributed by atoms with Crippen molar-refractivity contribution in [3.63, 3.8) is 0 Å². The normalized spacial score (nSPS) is 7.08. The molecule has 0 spiro atoms. The van der Waals surface area contributed by atoms with Gasteiger partial charge in [0.25, 0.3) is 0 Å². The van der Waals surface area contributed by atoms with Gasteiger partial charge in [-0.2, -0.15) is 0 Å². The van der Waals surface area contributed by atoms with E-state index in [-0.39, 0.29) is 60.9 Å². The monoisotopic (exact) mass is 404 g/mol. The van der Waals surface area contributed by atoms with Gasteiger partial charge in [0.1, 0.15) is 0 Å². The second-order valence-corrected chi connectivity index (χ2v) is 2.27. The number of nitrogens with two attached hydrogens (primary N) is 1. The van der Waals surface area contributed by atoms with E-state index >= 15 is 0 Å². The van der Waals surface area contributed by atoms with Crippen molar-refractivity contribution in [2.24, 2.45) is 5.73 Å². The SMILES string of the molecule is CN(C)C.I.I.NCCC(=O)O. The molecule has 0 amide bonds. The summed E-state index contributed by atoms with van der Waals surface area (Å²) in [5.74, 6) is -0.836. The van der Waals surface area contributed by atoms with Crippen LogP contribution in [0.1, 0.15) is 6.42 Å². The van der Waals surface area contributed by atoms with Crippen molar-refractivity contribution in [1.29, 1.82) is 0 Å². The van der Waals surface area contributed by atoms with E-state index in [1.54, 1.807) is 0 Å². The largest absolute Gasteiger partial charge is 0.481 e. The summed E-state index contributed by atoms with van der Waals surface area (Å²) in [6, 6.07) is 0. The highest BCUT2D eigenvalue weighted by atomic mass is 127. The van der Waals surface area contributed by atoms with E-state index in [4.69, 9.17) is 10.8 Å². The lowest BCUT2D eigenvalue weighted by Crippen LogP contribution is -2.05. The summed E-state index contributed by atoms with van der Waals surface area (Å²) in [7, 11) is 6.00. The molecule has 0 saturated carbocycles. The van der Waals surface area contributed by atoms with Crippen LogP contribution < -0.4 is 5.73 Å². The van der Waals surface area contributed by atoms with E-state index in [2.05, 4.69) is 0 Å². The first-order valence-corrected chi connectivity index (χ1v) is 3.03. The molecule has 6 heteroatoms. The smallest absolute Gasteiger partial charge is 0.304 e. The average Bonchev–Trinajstić information content (AvgIpc) is 1.62. The second-order valence-electron chi connectivity index (χ2n) is 2.27. The van der Waals surface area contributed by atoms with Crippen LogP contribution in [-0.2, 0) is 4.79 Å². The number of carboxylic acids is 1. The van der Waals surface area contributed by atoms with Crippen LogP contribution in [0.3, 0.4) is 0 Å². The Kier molecular flexibility index (Phi) is 34.2. The molecule has 0 atom stereocenters. The van der Waals surface area contributed by atoms with Crippen LogP contribution in [0.25, 0.3) is 0 Å². The standard InChI is InChI=1S/C3H7NO2.C3H9N.2HI/c4-2-1-3(5)6;1-4(2)3;;/h1-2,4H2,(H,5,6);1-3H3;2*1H. The van der Waals surface area contributed by atoms with E-state index in [0.717, 1.165) is 0 Å². The molecular weight excluding hydrogens is 386 g/mol. The first-order chi connectivity index (χ1) is 4.50. The number of carbonyl (C=O) groups is 1. The fourth-order valence-corrected chi connectivity index (χ4v) is 0.123. The Bertz CT molecular complexity index is 88.9. The van der Waals surface area contributed by atoms with E-state index < -0.39 is 5.97 Å². The van der Waals surface area contributed by atoms with Crippen LogP contribution >= 0.6 is 48.0 Å². The molecule has 0 heterocycles. The predicted octanol–water partition coefficient (Wildman–Crippen LogP) is 0.834. The molecule has 0 saturated heterocycles. The van der Waals surface area contributed by atoms with Gasteiger partial charge in [-0.05, 0) is 21.1 Å². The predicted molar refractivity (Wildman–Crippen MR) is 71.7 cm³/mol. The third-order valence-corrected chi connectivity index (χ3v) is 0.358. The van der Waals surface area contributed by atoms with Gasteiger partial charge in [-0.25, -0.2) is 0 Å². The summed E-state index contributed by atoms with van der Waals surface area (Å²) in [4.78, 5) is 11.5. The van der Waals surface area contributed by atoms with Gasteiger partial charge in [-0.1, -0.05) is 0 Å². The average molecular weight is 404 g/mol. The minimum atomic E-state index is -0.836. The van der Waals surface area contributed by atoms with E-state index in [1.165, 1.54) is 0 Å². The van der Waals surface area contributed by atoms with Gasteiger partial charge in [0.2, 0.25) is 0 Å². The molecule has 78 valence electrons. The third kappa shape index (κ3) is 71.0. The number of halogens is 2. The van der Waals surface area contributed by atoms with Crippen molar-refractivity contribution < 1.29 is 9.90 Å². The van der Waals surface area contributed by atoms with Crippen molar-refractivity contribution >= 4 is 53.9 Å². The van der Waals surface area contributed by atoms with Gasteiger partial charge in [-0.15, -0.1) is 48.0 Å². The molecule has 0 aliphatic carbocycles. The maximum atomic E-state index is 9.52. The highest BCUT2D eigenvalue weighted by Gasteiger charge is 1.87. The summed E-state index contributed by atoms with van der Waals surface area (Å²) in [6.07, 6.45) is 0.0694. The maximum Gasteiger partial charge on any atom is 0.304 e. The lowest BCUT2D eigenvalue weighted by atomic mass is 10.5. The molecule has 3 N–H and O–H groups in total. The van der Waals surface area contributed by atoms with Crippen LogP contribution in [0.15, 0.2) is 0 Å². The van der Waals surface area contributed by atoms with E-state index in [0.29, 0.717) is 0 Å². The van der Waals surface area contributed by atoms with E-state index in [1.807, 2.05) is 26.0 Å². The molecule has 0 aromatic rings. The molecular formula is C6H18I2N2O2. The Morgan fingerprint density at radius 3 is 1.58 bits per heavy atom. The van der Waals surface area contributed by atoms with Crippen LogP contribution in [0.4, 0.5) is 0 Å². The molecule has 0 rings (SSSR count). The number of aliphatic carboxylic acids is 1. The van der Waals surface area contributed by atoms with Crippen molar-refractivity contribution in [2.45, 2.75) is 6.42 Å². The van der Waals surface area contributed by atoms with Gasteiger partial charge >= 0.3 is 5.97 Å². The summed E-state index contributed by atoms with van der Waals surface area (Å²) in [6.45, 7) is 0.231. The molecule has 0 bridgehead atoms. The minimum Gasteiger partial charge on any atom is -0.481 e. The number of carboxylic acid groups (broad SMARTS) is 1. The Morgan fingerprint density at radius 1 is 1.33 bits per heavy atom. The maximum absolute atomic E-state index is 9.52. The van der Waals surface area contributed by atoms with Crippen molar-refractivity contribution in [3.8, 4) is 0 Å². The van der Waals surface area contributed by atoms with Gasteiger partial charge in [0.15, 0.2) is 0 Å². The molecule has 0 unspecified atom stereocenters. The van der Waals surface area contributed by atoms with Crippen LogP contribution in [-0.4, -0.2) is 43.7 Å². The highest BCUT2D eigenvalue weighted by molar-refractivity contribution is 14.0. The van der Waals surface area contributed by atoms with Gasteiger partial charge in [-0.3, -0.25) is 4.79 Å². The van der Waals surface area contributed by atoms with Gasteiger partial charge < -0.3 is 15.7 Å². The molecule has 0 aromatic carbocycles. The van der Waals surface area contributed by atoms with Crippen LogP contribution in [0.2, 0.25) is 0 Å². The highest BCUT2D eigenvalue weighted by Crippen LogP contribution is 1.67. The molecule has 0 radical (unpaired) electrons. The molecule has 4 nitrogen and oxygen atoms in total. The number of rotatable bonds is 2. The molecule has 0 fully saturated rings. The Balaban J connectivity index is -0.0000000483. The number of hydrogen-bond donors (Lipinski definition) is 2. The topological polar surface area (TPSA) is 66.6 Å². The summed E-state index contributed by atoms with van der Waals surface area (Å²) >= 11 is 0. The quantitative estimate of drug-likeness (QED) is 0.670. The van der Waals surface area contributed by atoms with Crippen molar-refractivity contribution in [3.05, 3.63) is 0 Å². The lowest BCUT2D eigenvalue weighted by Gasteiger charge is -1.90. The summed E-state index contributed by atoms with van der Waals surface area (Å²) in [5.41, 5.74) is 4.85. The fraction of sp³-hybridized carbons (Fsp3) is 0.833. The first-order valence-electron chi connectivity index (χ1n) is 3.03. The minimum absolute atomic E-state index is 0. The third-order valence-electron chi connectivity index (χ3n) is 0.358. The number of hydrogen-bond acceptors (Lipinski definition) is 3. The first kappa shape index (κ1) is 23.0. The number of nitrogens with zero attached hydrogens (tertiary/aromatic N) is 1. The molecule has 0 aliphatic heterocycles. The zero-order valence-corrected chi connectivity index (χ0v) is 12.3. The molecule has 12 heavy (non-hydrogen) atoms. The van der Waals surface area contributed by atoms with Gasteiger partial charge in [0.05, 0.1) is 6.42 Å². The zero-order valence-electron chi connectivity index (χ0n) is 7.61. The molecule has 0 aromatic heterocycles. The van der Waals surface area contributed by atoms with Crippen LogP contribution in [0, 0.1) is 0 Å². The Hall–Kier alpha value is 0.850. The second kappa shape index (κ2) is 17.8. The Labute approximate surface area is 108 Å². The van der Waals surface area contributed by atoms with Gasteiger partial charge in [0, 0.05) is 6.54 Å². The lowest BCUT2D eigenvalue weighted by molar-refractivity contribution is -0.136. The van der Waals surface area contributed by atoms with Crippen molar-refractivity contribution in [1.82, 2.24) is 4.90 Å². The zero-order chi connectivity index (χ0) is 8.57. The van der Waals surface area contributed by atoms with Crippen molar-refractivity contribution in [2.75, 3.05) is 27.7 Å². The summed E-state index contributed by atoms with van der Waals surface area (Å²) < 4.78 is 0. The van der Waals surface area contributed by atoms with Crippen LogP contribution in [0.5, 0.6) is 0 Å². The summed E-state index contributed by atoms with van der Waals surface area (Å²) in [5, 5.41) is 7.83. The molecule has 0 aliphatic rings. The Morgan fingerprint density at radius 2 is 1.58 bits per heavy atom. The fourth-order valence-electron chi connectivity index (χ4n) is 0.123. The van der Waals surface area contributed by atoms with E-state index in [9.17, 15) is 4.79 Å².